The van der Waals surface area contributed by atoms with E-state index in [2.05, 4.69) is 11.8 Å². The molecule has 1 aliphatic heterocycles. The molecule has 2 unspecified atom stereocenters. The van der Waals surface area contributed by atoms with Crippen LogP contribution in [0.5, 0.6) is 0 Å². The minimum absolute atomic E-state index is 0. The predicted octanol–water partition coefficient (Wildman–Crippen LogP) is 1.41. The zero-order chi connectivity index (χ0) is 14.8. The quantitative estimate of drug-likeness (QED) is 0.799. The van der Waals surface area contributed by atoms with Gasteiger partial charge in [-0.3, -0.25) is 9.69 Å². The van der Waals surface area contributed by atoms with Crippen molar-refractivity contribution in [2.75, 3.05) is 26.2 Å². The van der Waals surface area contributed by atoms with E-state index in [0.717, 1.165) is 51.7 Å². The molecule has 1 heterocycles. The van der Waals surface area contributed by atoms with Crippen molar-refractivity contribution in [3.63, 3.8) is 0 Å². The Kier molecular flexibility index (Phi) is 9.25. The molecule has 3 N–H and O–H groups in total. The number of nitrogens with zero attached hydrogens (tertiary/aromatic N) is 2. The molecule has 0 spiro atoms. The summed E-state index contributed by atoms with van der Waals surface area (Å²) in [6.07, 6.45) is 4.48. The average Bonchev–Trinajstić information content (AvgIpc) is 2.86. The molecular weight excluding hydrogens is 325 g/mol. The van der Waals surface area contributed by atoms with E-state index in [0.29, 0.717) is 12.6 Å². The lowest BCUT2D eigenvalue weighted by Gasteiger charge is -2.43. The van der Waals surface area contributed by atoms with Crippen LogP contribution in [0.1, 0.15) is 46.0 Å². The second kappa shape index (κ2) is 9.28. The van der Waals surface area contributed by atoms with E-state index in [4.69, 9.17) is 5.73 Å². The summed E-state index contributed by atoms with van der Waals surface area (Å²) in [5.74, 6) is 0.144. The standard InChI is InChI=1S/C15H29N3O2.2ClH/c1-3-13-11-18(9-8-17(13)10-12(2)19)14(20)15(16)6-4-5-7-15;;/h12-13,19H,3-11,16H2,1-2H3;2*1H. The number of rotatable bonds is 4. The number of carbonyl (C=O) groups is 1. The first-order chi connectivity index (χ1) is 9.46. The van der Waals surface area contributed by atoms with E-state index in [1.165, 1.54) is 0 Å². The fourth-order valence-corrected chi connectivity index (χ4v) is 3.58. The number of hydrogen-bond acceptors (Lipinski definition) is 4. The van der Waals surface area contributed by atoms with Crippen molar-refractivity contribution >= 4 is 30.7 Å². The minimum Gasteiger partial charge on any atom is -0.392 e. The van der Waals surface area contributed by atoms with Gasteiger partial charge in [-0.2, -0.15) is 0 Å². The van der Waals surface area contributed by atoms with E-state index in [1.54, 1.807) is 0 Å². The molecule has 1 amide bonds. The van der Waals surface area contributed by atoms with Crippen molar-refractivity contribution in [1.29, 1.82) is 0 Å². The van der Waals surface area contributed by atoms with Crippen LogP contribution in [0, 0.1) is 0 Å². The van der Waals surface area contributed by atoms with Gasteiger partial charge in [-0.15, -0.1) is 24.8 Å². The first-order valence-electron chi connectivity index (χ1n) is 7.96. The van der Waals surface area contributed by atoms with Gasteiger partial charge in [0.2, 0.25) is 5.91 Å². The van der Waals surface area contributed by atoms with Gasteiger partial charge in [0.1, 0.15) is 0 Å². The summed E-state index contributed by atoms with van der Waals surface area (Å²) in [4.78, 5) is 16.9. The van der Waals surface area contributed by atoms with E-state index >= 15 is 0 Å². The highest BCUT2D eigenvalue weighted by Crippen LogP contribution is 2.30. The van der Waals surface area contributed by atoms with Crippen LogP contribution in [-0.4, -0.2) is 64.7 Å². The summed E-state index contributed by atoms with van der Waals surface area (Å²) in [7, 11) is 0. The highest BCUT2D eigenvalue weighted by atomic mass is 35.5. The smallest absolute Gasteiger partial charge is 0.242 e. The number of halogens is 2. The van der Waals surface area contributed by atoms with Gasteiger partial charge < -0.3 is 15.7 Å². The Morgan fingerprint density at radius 3 is 2.41 bits per heavy atom. The van der Waals surface area contributed by atoms with Gasteiger partial charge in [-0.25, -0.2) is 0 Å². The van der Waals surface area contributed by atoms with Crippen molar-refractivity contribution < 1.29 is 9.90 Å². The molecule has 1 saturated heterocycles. The summed E-state index contributed by atoms with van der Waals surface area (Å²) in [5.41, 5.74) is 5.68. The van der Waals surface area contributed by atoms with Crippen molar-refractivity contribution in [1.82, 2.24) is 9.80 Å². The zero-order valence-electron chi connectivity index (χ0n) is 13.7. The fourth-order valence-electron chi connectivity index (χ4n) is 3.58. The molecule has 1 aliphatic carbocycles. The molecule has 22 heavy (non-hydrogen) atoms. The molecule has 1 saturated carbocycles. The van der Waals surface area contributed by atoms with Crippen LogP contribution in [0.2, 0.25) is 0 Å². The maximum absolute atomic E-state index is 12.6. The van der Waals surface area contributed by atoms with Crippen LogP contribution in [-0.2, 0) is 4.79 Å². The van der Waals surface area contributed by atoms with Crippen LogP contribution in [0.15, 0.2) is 0 Å². The Labute approximate surface area is 146 Å². The lowest BCUT2D eigenvalue weighted by atomic mass is 9.96. The maximum atomic E-state index is 12.6. The number of carbonyl (C=O) groups excluding carboxylic acids is 1. The van der Waals surface area contributed by atoms with E-state index in [-0.39, 0.29) is 36.8 Å². The van der Waals surface area contributed by atoms with E-state index in [9.17, 15) is 9.90 Å². The Bertz CT molecular complexity index is 350. The lowest BCUT2D eigenvalue weighted by Crippen LogP contribution is -2.61. The molecule has 0 aromatic rings. The highest BCUT2D eigenvalue weighted by molar-refractivity contribution is 5.86. The molecule has 0 bridgehead atoms. The minimum atomic E-state index is -0.606. The summed E-state index contributed by atoms with van der Waals surface area (Å²) < 4.78 is 0. The van der Waals surface area contributed by atoms with Crippen LogP contribution in [0.3, 0.4) is 0 Å². The van der Waals surface area contributed by atoms with Gasteiger partial charge in [0, 0.05) is 32.2 Å². The first kappa shape index (κ1) is 21.9. The molecule has 0 aromatic carbocycles. The molecule has 132 valence electrons. The van der Waals surface area contributed by atoms with Gasteiger partial charge in [-0.05, 0) is 26.2 Å². The van der Waals surface area contributed by atoms with Gasteiger partial charge >= 0.3 is 0 Å². The van der Waals surface area contributed by atoms with Gasteiger partial charge in [0.05, 0.1) is 11.6 Å². The number of β-amino-alcohol motifs (C(OH)–C–C–N with tert-alkyl or cyclic N) is 1. The molecule has 2 atom stereocenters. The van der Waals surface area contributed by atoms with Crippen LogP contribution in [0.25, 0.3) is 0 Å². The molecule has 5 nitrogen and oxygen atoms in total. The molecule has 7 heteroatoms. The van der Waals surface area contributed by atoms with Crippen LogP contribution in [0.4, 0.5) is 0 Å². The maximum Gasteiger partial charge on any atom is 0.242 e. The Morgan fingerprint density at radius 1 is 1.32 bits per heavy atom. The van der Waals surface area contributed by atoms with Crippen molar-refractivity contribution in [2.24, 2.45) is 5.73 Å². The van der Waals surface area contributed by atoms with Crippen LogP contribution < -0.4 is 5.73 Å². The number of nitrogens with two attached hydrogens (primary N) is 1. The molecule has 2 aliphatic rings. The number of amides is 1. The fraction of sp³-hybridized carbons (Fsp3) is 0.933. The molecule has 0 aromatic heterocycles. The average molecular weight is 356 g/mol. The SMILES string of the molecule is CCC1CN(C(=O)C2(N)CCCC2)CCN1CC(C)O.Cl.Cl. The van der Waals surface area contributed by atoms with Gasteiger partial charge in [0.25, 0.3) is 0 Å². The second-order valence-corrected chi connectivity index (χ2v) is 6.52. The third-order valence-electron chi connectivity index (χ3n) is 4.78. The number of aliphatic hydroxyl groups excluding tert-OH is 1. The highest BCUT2D eigenvalue weighted by Gasteiger charge is 2.41. The van der Waals surface area contributed by atoms with Crippen LogP contribution >= 0.6 is 24.8 Å². The van der Waals surface area contributed by atoms with Crippen molar-refractivity contribution in [3.05, 3.63) is 0 Å². The third-order valence-corrected chi connectivity index (χ3v) is 4.78. The summed E-state index contributed by atoms with van der Waals surface area (Å²) in [6.45, 7) is 6.97. The predicted molar refractivity (Wildman–Crippen MR) is 93.8 cm³/mol. The molecule has 2 fully saturated rings. The van der Waals surface area contributed by atoms with Gasteiger partial charge in [-0.1, -0.05) is 19.8 Å². The summed E-state index contributed by atoms with van der Waals surface area (Å²) in [6, 6.07) is 0.340. The van der Waals surface area contributed by atoms with Crippen molar-refractivity contribution in [3.8, 4) is 0 Å². The Hall–Kier alpha value is -0.0700. The van der Waals surface area contributed by atoms with E-state index in [1.807, 2.05) is 11.8 Å². The van der Waals surface area contributed by atoms with E-state index < -0.39 is 5.54 Å². The van der Waals surface area contributed by atoms with Gasteiger partial charge in [0.15, 0.2) is 0 Å². The second-order valence-electron chi connectivity index (χ2n) is 6.52. The molecular formula is C15H31Cl2N3O2. The number of hydrogen-bond donors (Lipinski definition) is 2. The number of piperazine rings is 1. The number of aliphatic hydroxyl groups is 1. The zero-order valence-corrected chi connectivity index (χ0v) is 15.3. The largest absolute Gasteiger partial charge is 0.392 e. The summed E-state index contributed by atoms with van der Waals surface area (Å²) in [5, 5.41) is 9.56. The third kappa shape index (κ3) is 4.96. The molecule has 2 rings (SSSR count). The first-order valence-corrected chi connectivity index (χ1v) is 7.96. The monoisotopic (exact) mass is 355 g/mol. The Morgan fingerprint density at radius 2 is 1.91 bits per heavy atom. The topological polar surface area (TPSA) is 69.8 Å². The normalized spacial score (nSPS) is 26.0. The lowest BCUT2D eigenvalue weighted by molar-refractivity contribution is -0.140. The Balaban J connectivity index is 0.00000220. The summed E-state index contributed by atoms with van der Waals surface area (Å²) >= 11 is 0. The van der Waals surface area contributed by atoms with Crippen molar-refractivity contribution in [2.45, 2.75) is 63.6 Å². The molecule has 0 radical (unpaired) electrons.